The van der Waals surface area contributed by atoms with Crippen molar-refractivity contribution in [2.75, 3.05) is 19.6 Å². The van der Waals surface area contributed by atoms with Crippen LogP contribution in [-0.2, 0) is 22.0 Å². The quantitative estimate of drug-likeness (QED) is 0.416. The lowest BCUT2D eigenvalue weighted by Gasteiger charge is -2.48. The molecule has 2 aromatic carbocycles. The first-order chi connectivity index (χ1) is 18.5. The Labute approximate surface area is 227 Å². The molecule has 6 heteroatoms. The largest absolute Gasteiger partial charge is 0.335 e. The molecule has 4 aliphatic rings. The molecule has 2 aliphatic heterocycles. The number of rotatable bonds is 2. The number of carbonyl (C=O) groups is 1. The number of hydrogen-bond donors (Lipinski definition) is 1. The number of aryl methyl sites for hydroxylation is 1. The predicted octanol–water partition coefficient (Wildman–Crippen LogP) is 6.00. The Bertz CT molecular complexity index is 1440. The Morgan fingerprint density at radius 2 is 1.89 bits per heavy atom. The molecular weight excluding hydrogens is 497 g/mol. The van der Waals surface area contributed by atoms with E-state index in [1.807, 2.05) is 18.2 Å². The summed E-state index contributed by atoms with van der Waals surface area (Å²) in [5.74, 6) is -0.239. The van der Waals surface area contributed by atoms with E-state index in [9.17, 15) is 9.18 Å². The van der Waals surface area contributed by atoms with E-state index in [4.69, 9.17) is 11.6 Å². The van der Waals surface area contributed by atoms with Crippen LogP contribution in [0.1, 0.15) is 59.7 Å². The van der Waals surface area contributed by atoms with Gasteiger partial charge < -0.3 is 10.2 Å². The highest BCUT2D eigenvalue weighted by molar-refractivity contribution is 6.29. The summed E-state index contributed by atoms with van der Waals surface area (Å²) in [6.45, 7) is 2.09. The lowest BCUT2D eigenvalue weighted by atomic mass is 9.64. The molecule has 0 bridgehead atoms. The van der Waals surface area contributed by atoms with Crippen LogP contribution in [0.3, 0.4) is 0 Å². The molecular formula is C32H31ClFN3O. The summed E-state index contributed by atoms with van der Waals surface area (Å²) in [5, 5.41) is 4.07. The molecule has 4 unspecified atom stereocenters. The van der Waals surface area contributed by atoms with E-state index >= 15 is 0 Å². The molecule has 4 nitrogen and oxygen atoms in total. The van der Waals surface area contributed by atoms with Gasteiger partial charge in [-0.05, 0) is 72.6 Å². The fourth-order valence-corrected chi connectivity index (χ4v) is 7.93. The van der Waals surface area contributed by atoms with Gasteiger partial charge in [-0.15, -0.1) is 0 Å². The van der Waals surface area contributed by atoms with Crippen molar-refractivity contribution in [3.8, 4) is 0 Å². The highest BCUT2D eigenvalue weighted by atomic mass is 35.5. The first kappa shape index (κ1) is 24.1. The number of nitrogens with zero attached hydrogens (tertiary/aromatic N) is 2. The summed E-state index contributed by atoms with van der Waals surface area (Å²) < 4.78 is 13.9. The average molecular weight is 528 g/mol. The number of benzene rings is 2. The summed E-state index contributed by atoms with van der Waals surface area (Å²) in [5.41, 5.74) is 5.41. The van der Waals surface area contributed by atoms with Crippen molar-refractivity contribution in [1.29, 1.82) is 0 Å². The molecule has 3 heterocycles. The van der Waals surface area contributed by atoms with E-state index in [-0.39, 0.29) is 34.5 Å². The zero-order chi connectivity index (χ0) is 25.9. The molecule has 1 aromatic heterocycles. The van der Waals surface area contributed by atoms with Gasteiger partial charge in [-0.2, -0.15) is 0 Å². The van der Waals surface area contributed by atoms with E-state index in [1.165, 1.54) is 28.8 Å². The van der Waals surface area contributed by atoms with Gasteiger partial charge in [0.2, 0.25) is 5.91 Å². The minimum absolute atomic E-state index is 0.115. The molecule has 4 atom stereocenters. The number of amides is 1. The van der Waals surface area contributed by atoms with E-state index in [1.54, 1.807) is 0 Å². The molecule has 1 amide bonds. The predicted molar refractivity (Wildman–Crippen MR) is 147 cm³/mol. The van der Waals surface area contributed by atoms with Crippen LogP contribution in [0.15, 0.2) is 66.7 Å². The van der Waals surface area contributed by atoms with Crippen LogP contribution in [0.5, 0.6) is 0 Å². The van der Waals surface area contributed by atoms with E-state index < -0.39 is 0 Å². The fourth-order valence-electron chi connectivity index (χ4n) is 7.76. The fraction of sp³-hybridized carbons (Fsp3) is 0.375. The molecule has 0 radical (unpaired) electrons. The minimum atomic E-state index is -0.273. The third-order valence-corrected chi connectivity index (χ3v) is 9.83. The Kier molecular flexibility index (Phi) is 5.71. The number of fused-ring (bicyclic) bond motifs is 4. The molecule has 38 heavy (non-hydrogen) atoms. The minimum Gasteiger partial charge on any atom is -0.335 e. The van der Waals surface area contributed by atoms with Gasteiger partial charge in [0.05, 0.1) is 12.0 Å². The van der Waals surface area contributed by atoms with Gasteiger partial charge >= 0.3 is 0 Å². The number of aromatic nitrogens is 1. The third-order valence-electron chi connectivity index (χ3n) is 9.62. The van der Waals surface area contributed by atoms with Crippen LogP contribution in [-0.4, -0.2) is 35.4 Å². The zero-order valence-corrected chi connectivity index (χ0v) is 22.1. The number of pyridine rings is 1. The van der Waals surface area contributed by atoms with Gasteiger partial charge in [-0.1, -0.05) is 66.2 Å². The van der Waals surface area contributed by atoms with Crippen LogP contribution in [0, 0.1) is 11.7 Å². The molecule has 2 spiro atoms. The van der Waals surface area contributed by atoms with E-state index in [2.05, 4.69) is 57.7 Å². The molecule has 194 valence electrons. The first-order valence-corrected chi connectivity index (χ1v) is 14.1. The zero-order valence-electron chi connectivity index (χ0n) is 21.3. The van der Waals surface area contributed by atoms with Gasteiger partial charge in [0.1, 0.15) is 11.0 Å². The number of likely N-dealkylation sites (tertiary alicyclic amines) is 1. The van der Waals surface area contributed by atoms with Crippen LogP contribution in [0.2, 0.25) is 5.15 Å². The second-order valence-corrected chi connectivity index (χ2v) is 11.8. The van der Waals surface area contributed by atoms with Crippen LogP contribution in [0.4, 0.5) is 4.39 Å². The summed E-state index contributed by atoms with van der Waals surface area (Å²) in [6.07, 6.45) is 9.08. The maximum Gasteiger partial charge on any atom is 0.228 e. The monoisotopic (exact) mass is 527 g/mol. The SMILES string of the molecule is O=C(C1CNCC12CCCc1nc(Cl)ccc12)N1CCC2(C=Cc3ccccc32)CC1c1ccc(F)cc1. The lowest BCUT2D eigenvalue weighted by molar-refractivity contribution is -0.141. The molecule has 2 fully saturated rings. The molecule has 2 saturated heterocycles. The van der Waals surface area contributed by atoms with Gasteiger partial charge in [0, 0.05) is 36.2 Å². The van der Waals surface area contributed by atoms with Gasteiger partial charge in [0.25, 0.3) is 0 Å². The normalized spacial score (nSPS) is 29.6. The second kappa shape index (κ2) is 9.03. The molecule has 7 rings (SSSR count). The Morgan fingerprint density at radius 3 is 2.76 bits per heavy atom. The number of allylic oxidation sites excluding steroid dienone is 1. The standard InChI is InChI=1S/C32H31ClFN3O/c33-29-12-11-25-27(36-29)6-3-14-32(25)20-35-19-26(32)30(38)37-17-16-31(15-13-21-4-1-2-5-24(21)31)18-28(37)22-7-9-23(34)10-8-22/h1-2,4-5,7-13,15,26,28,35H,3,6,14,16-20H2. The molecule has 2 aliphatic carbocycles. The van der Waals surface area contributed by atoms with Crippen LogP contribution in [0.25, 0.3) is 6.08 Å². The van der Waals surface area contributed by atoms with Crippen molar-refractivity contribution >= 4 is 23.6 Å². The summed E-state index contributed by atoms with van der Waals surface area (Å²) in [4.78, 5) is 21.3. The lowest BCUT2D eigenvalue weighted by Crippen LogP contribution is -2.52. The number of halogens is 2. The summed E-state index contributed by atoms with van der Waals surface area (Å²) in [7, 11) is 0. The van der Waals surface area contributed by atoms with Crippen molar-refractivity contribution in [2.45, 2.75) is 49.0 Å². The van der Waals surface area contributed by atoms with Crippen molar-refractivity contribution in [1.82, 2.24) is 15.2 Å². The first-order valence-electron chi connectivity index (χ1n) is 13.7. The smallest absolute Gasteiger partial charge is 0.228 e. The summed E-state index contributed by atoms with van der Waals surface area (Å²) >= 11 is 6.25. The Balaban J connectivity index is 1.27. The highest BCUT2D eigenvalue weighted by Crippen LogP contribution is 2.51. The number of carbonyl (C=O) groups excluding carboxylic acids is 1. The Hall–Kier alpha value is -3.02. The maximum atomic E-state index is 14.6. The highest BCUT2D eigenvalue weighted by Gasteiger charge is 2.53. The van der Waals surface area contributed by atoms with Crippen LogP contribution >= 0.6 is 11.6 Å². The van der Waals surface area contributed by atoms with Crippen molar-refractivity contribution in [2.24, 2.45) is 5.92 Å². The van der Waals surface area contributed by atoms with E-state index in [0.29, 0.717) is 18.2 Å². The van der Waals surface area contributed by atoms with Gasteiger partial charge in [-0.3, -0.25) is 4.79 Å². The van der Waals surface area contributed by atoms with Gasteiger partial charge in [-0.25, -0.2) is 9.37 Å². The number of hydrogen-bond acceptors (Lipinski definition) is 3. The average Bonchev–Trinajstić information content (AvgIpc) is 3.51. The van der Waals surface area contributed by atoms with Crippen LogP contribution < -0.4 is 5.32 Å². The molecule has 0 saturated carbocycles. The Morgan fingerprint density at radius 1 is 1.05 bits per heavy atom. The maximum absolute atomic E-state index is 14.6. The number of piperidine rings is 1. The number of nitrogens with one attached hydrogen (secondary N) is 1. The van der Waals surface area contributed by atoms with Crippen molar-refractivity contribution < 1.29 is 9.18 Å². The second-order valence-electron chi connectivity index (χ2n) is 11.5. The van der Waals surface area contributed by atoms with Crippen molar-refractivity contribution in [3.05, 3.63) is 106 Å². The van der Waals surface area contributed by atoms with E-state index in [0.717, 1.165) is 49.9 Å². The summed E-state index contributed by atoms with van der Waals surface area (Å²) in [6, 6.07) is 19.2. The van der Waals surface area contributed by atoms with Gasteiger partial charge in [0.15, 0.2) is 0 Å². The third kappa shape index (κ3) is 3.66. The topological polar surface area (TPSA) is 45.2 Å². The molecule has 3 aromatic rings. The van der Waals surface area contributed by atoms with Crippen molar-refractivity contribution in [3.63, 3.8) is 0 Å². The molecule has 1 N–H and O–H groups in total.